The number of amides is 1. The highest BCUT2D eigenvalue weighted by Gasteiger charge is 2.31. The highest BCUT2D eigenvalue weighted by atomic mass is 16.5. The van der Waals surface area contributed by atoms with E-state index in [0.29, 0.717) is 11.3 Å². The maximum Gasteiger partial charge on any atom is 0.282 e. The molecule has 3 rings (SSSR count). The maximum absolute atomic E-state index is 12.7. The van der Waals surface area contributed by atoms with E-state index in [9.17, 15) is 4.79 Å². The zero-order chi connectivity index (χ0) is 21.5. The number of carbonyl (C=O) groups is 1. The molecule has 7 heteroatoms. The minimum Gasteiger partial charge on any atom is -0.493 e. The number of rotatable bonds is 7. The summed E-state index contributed by atoms with van der Waals surface area (Å²) in [5.74, 6) is 1.48. The molecular formula is C23H30N4O3+2. The second-order valence-electron chi connectivity index (χ2n) is 7.68. The summed E-state index contributed by atoms with van der Waals surface area (Å²) in [5.41, 5.74) is 2.43. The lowest BCUT2D eigenvalue weighted by Crippen LogP contribution is -3.29. The molecule has 1 aliphatic heterocycles. The number of methoxy groups -OCH3 is 2. The first-order valence-electron chi connectivity index (χ1n) is 10.2. The zero-order valence-corrected chi connectivity index (χ0v) is 17.8. The molecule has 7 nitrogen and oxygen atoms in total. The van der Waals surface area contributed by atoms with Crippen LogP contribution in [-0.2, 0) is 11.3 Å². The monoisotopic (exact) mass is 410 g/mol. The zero-order valence-electron chi connectivity index (χ0n) is 17.8. The Labute approximate surface area is 177 Å². The Kier molecular flexibility index (Phi) is 7.28. The van der Waals surface area contributed by atoms with Crippen LogP contribution in [0.25, 0.3) is 0 Å². The van der Waals surface area contributed by atoms with E-state index in [1.165, 1.54) is 15.4 Å². The quantitative estimate of drug-likeness (QED) is 0.595. The van der Waals surface area contributed by atoms with Crippen LogP contribution in [0.3, 0.4) is 0 Å². The van der Waals surface area contributed by atoms with Crippen molar-refractivity contribution in [3.63, 3.8) is 0 Å². The van der Waals surface area contributed by atoms with Gasteiger partial charge in [-0.25, -0.2) is 0 Å². The van der Waals surface area contributed by atoms with Crippen molar-refractivity contribution in [2.75, 3.05) is 45.7 Å². The first-order valence-corrected chi connectivity index (χ1v) is 10.2. The SMILES string of the molecule is COc1ccc(C[NH+]2CC[NH+]([C@H](C)C(=O)Nc3cccc(C#N)c3)CC2)cc1OC. The molecule has 1 heterocycles. The number of benzene rings is 2. The molecule has 1 atom stereocenters. The molecule has 1 fully saturated rings. The van der Waals surface area contributed by atoms with Gasteiger partial charge in [-0.3, -0.25) is 4.79 Å². The number of hydrogen-bond acceptors (Lipinski definition) is 4. The van der Waals surface area contributed by atoms with Crippen molar-refractivity contribution < 1.29 is 24.1 Å². The molecule has 0 unspecified atom stereocenters. The van der Waals surface area contributed by atoms with Crippen LogP contribution in [-0.4, -0.2) is 52.3 Å². The number of nitrogens with zero attached hydrogens (tertiary/aromatic N) is 1. The molecule has 30 heavy (non-hydrogen) atoms. The maximum atomic E-state index is 12.7. The molecule has 158 valence electrons. The predicted octanol–water partition coefficient (Wildman–Crippen LogP) is -0.114. The molecule has 0 bridgehead atoms. The molecular weight excluding hydrogens is 380 g/mol. The van der Waals surface area contributed by atoms with Gasteiger partial charge in [-0.2, -0.15) is 5.26 Å². The van der Waals surface area contributed by atoms with E-state index in [2.05, 4.69) is 17.5 Å². The second-order valence-corrected chi connectivity index (χ2v) is 7.68. The largest absolute Gasteiger partial charge is 0.493 e. The lowest BCUT2D eigenvalue weighted by Gasteiger charge is -2.32. The predicted molar refractivity (Wildman–Crippen MR) is 114 cm³/mol. The van der Waals surface area contributed by atoms with Gasteiger partial charge < -0.3 is 24.6 Å². The fraction of sp³-hybridized carbons (Fsp3) is 0.391. The van der Waals surface area contributed by atoms with E-state index in [0.717, 1.165) is 44.2 Å². The third kappa shape index (κ3) is 5.29. The van der Waals surface area contributed by atoms with E-state index in [1.807, 2.05) is 25.1 Å². The Morgan fingerprint density at radius 1 is 1.10 bits per heavy atom. The lowest BCUT2D eigenvalue weighted by atomic mass is 10.1. The molecule has 0 aromatic heterocycles. The number of nitriles is 1. The Morgan fingerprint density at radius 3 is 2.50 bits per heavy atom. The Morgan fingerprint density at radius 2 is 1.83 bits per heavy atom. The highest BCUT2D eigenvalue weighted by Crippen LogP contribution is 2.27. The summed E-state index contributed by atoms with van der Waals surface area (Å²) >= 11 is 0. The molecule has 0 saturated carbocycles. The number of piperazine rings is 1. The van der Waals surface area contributed by atoms with Crippen molar-refractivity contribution in [3.05, 3.63) is 53.6 Å². The van der Waals surface area contributed by atoms with Crippen molar-refractivity contribution in [1.82, 2.24) is 0 Å². The average molecular weight is 411 g/mol. The Hall–Kier alpha value is -3.08. The molecule has 3 N–H and O–H groups in total. The van der Waals surface area contributed by atoms with E-state index in [4.69, 9.17) is 14.7 Å². The van der Waals surface area contributed by atoms with Crippen LogP contribution in [0.4, 0.5) is 5.69 Å². The van der Waals surface area contributed by atoms with Gasteiger partial charge in [0.15, 0.2) is 17.5 Å². The summed E-state index contributed by atoms with van der Waals surface area (Å²) < 4.78 is 10.7. The van der Waals surface area contributed by atoms with E-state index >= 15 is 0 Å². The normalized spacial score (nSPS) is 19.4. The Balaban J connectivity index is 1.52. The van der Waals surface area contributed by atoms with Gasteiger partial charge in [0.1, 0.15) is 32.7 Å². The van der Waals surface area contributed by atoms with Gasteiger partial charge in [0.25, 0.3) is 5.91 Å². The van der Waals surface area contributed by atoms with E-state index < -0.39 is 0 Å². The summed E-state index contributed by atoms with van der Waals surface area (Å²) in [5, 5.41) is 12.0. The van der Waals surface area contributed by atoms with Crippen LogP contribution < -0.4 is 24.6 Å². The first kappa shape index (κ1) is 21.6. The summed E-state index contributed by atoms with van der Waals surface area (Å²) in [7, 11) is 3.29. The number of hydrogen-bond donors (Lipinski definition) is 3. The second kappa shape index (κ2) is 10.1. The number of quaternary nitrogens is 2. The number of nitrogens with one attached hydrogen (secondary N) is 3. The third-order valence-corrected chi connectivity index (χ3v) is 5.77. The fourth-order valence-electron chi connectivity index (χ4n) is 3.92. The Bertz CT molecular complexity index is 917. The molecule has 2 aromatic carbocycles. The number of anilines is 1. The standard InChI is InChI=1S/C23H28N4O3/c1-17(23(28)25-20-6-4-5-18(13-20)15-24)27-11-9-26(10-12-27)16-19-7-8-21(29-2)22(14-19)30-3/h4-8,13-14,17H,9-12,16H2,1-3H3,(H,25,28)/p+2/t17-/m1/s1. The molecule has 0 radical (unpaired) electrons. The molecule has 1 saturated heterocycles. The van der Waals surface area contributed by atoms with Crippen LogP contribution in [0, 0.1) is 11.3 Å². The summed E-state index contributed by atoms with van der Waals surface area (Å²) in [6.45, 7) is 6.79. The van der Waals surface area contributed by atoms with Crippen molar-refractivity contribution >= 4 is 11.6 Å². The summed E-state index contributed by atoms with van der Waals surface area (Å²) in [6.07, 6.45) is 0. The molecule has 2 aromatic rings. The van der Waals surface area contributed by atoms with Crippen molar-refractivity contribution in [3.8, 4) is 17.6 Å². The third-order valence-electron chi connectivity index (χ3n) is 5.77. The van der Waals surface area contributed by atoms with E-state index in [1.54, 1.807) is 32.4 Å². The number of ether oxygens (including phenoxy) is 2. The molecule has 0 spiro atoms. The van der Waals surface area contributed by atoms with Gasteiger partial charge >= 0.3 is 0 Å². The molecule has 1 aliphatic rings. The van der Waals surface area contributed by atoms with Gasteiger partial charge in [-0.05, 0) is 43.3 Å². The van der Waals surface area contributed by atoms with E-state index in [-0.39, 0.29) is 11.9 Å². The fourth-order valence-corrected chi connectivity index (χ4v) is 3.92. The van der Waals surface area contributed by atoms with Crippen molar-refractivity contribution in [2.24, 2.45) is 0 Å². The van der Waals surface area contributed by atoms with Crippen LogP contribution in [0.2, 0.25) is 0 Å². The smallest absolute Gasteiger partial charge is 0.282 e. The highest BCUT2D eigenvalue weighted by molar-refractivity contribution is 5.93. The summed E-state index contributed by atoms with van der Waals surface area (Å²) in [6, 6.07) is 15.0. The summed E-state index contributed by atoms with van der Waals surface area (Å²) in [4.78, 5) is 15.5. The van der Waals surface area contributed by atoms with Crippen LogP contribution in [0.15, 0.2) is 42.5 Å². The van der Waals surface area contributed by atoms with Gasteiger partial charge in [0.2, 0.25) is 0 Å². The van der Waals surface area contributed by atoms with Gasteiger partial charge in [0.05, 0.1) is 25.9 Å². The van der Waals surface area contributed by atoms with Crippen LogP contribution in [0.5, 0.6) is 11.5 Å². The number of carbonyl (C=O) groups excluding carboxylic acids is 1. The van der Waals surface area contributed by atoms with Crippen molar-refractivity contribution in [1.29, 1.82) is 5.26 Å². The van der Waals surface area contributed by atoms with Gasteiger partial charge in [-0.15, -0.1) is 0 Å². The lowest BCUT2D eigenvalue weighted by molar-refractivity contribution is -1.02. The minimum atomic E-state index is -0.140. The molecule has 0 aliphatic carbocycles. The van der Waals surface area contributed by atoms with Crippen molar-refractivity contribution in [2.45, 2.75) is 19.5 Å². The van der Waals surface area contributed by atoms with Crippen LogP contribution >= 0.6 is 0 Å². The average Bonchev–Trinajstić information content (AvgIpc) is 2.79. The van der Waals surface area contributed by atoms with Crippen LogP contribution in [0.1, 0.15) is 18.1 Å². The minimum absolute atomic E-state index is 0.0107. The first-order chi connectivity index (χ1) is 14.5. The van der Waals surface area contributed by atoms with Gasteiger partial charge in [-0.1, -0.05) is 6.07 Å². The van der Waals surface area contributed by atoms with Gasteiger partial charge in [0, 0.05) is 11.3 Å². The topological polar surface area (TPSA) is 80.2 Å². The molecule has 1 amide bonds.